The van der Waals surface area contributed by atoms with E-state index in [9.17, 15) is 14.6 Å². The Bertz CT molecular complexity index is 405. The lowest BCUT2D eigenvalue weighted by Gasteiger charge is -2.40. The monoisotopic (exact) mass is 253 g/mol. The maximum atomic E-state index is 13.3. The smallest absolute Gasteiger partial charge is 0.123 e. The highest BCUT2D eigenvalue weighted by molar-refractivity contribution is 5.56. The van der Waals surface area contributed by atoms with Gasteiger partial charge in [-0.2, -0.15) is 0 Å². The molecule has 4 heteroatoms. The molecule has 1 aromatic carbocycles. The van der Waals surface area contributed by atoms with Crippen molar-refractivity contribution in [1.29, 1.82) is 0 Å². The van der Waals surface area contributed by atoms with Gasteiger partial charge < -0.3 is 15.1 Å². The minimum absolute atomic E-state index is 0.0626. The van der Waals surface area contributed by atoms with Crippen molar-refractivity contribution in [3.05, 3.63) is 29.6 Å². The first-order valence-corrected chi connectivity index (χ1v) is 6.48. The minimum atomic E-state index is -0.711. The van der Waals surface area contributed by atoms with E-state index in [1.165, 1.54) is 18.6 Å². The highest BCUT2D eigenvalue weighted by Gasteiger charge is 2.27. The molecule has 2 N–H and O–H groups in total. The first-order valence-electron chi connectivity index (χ1n) is 6.48. The molecule has 1 aliphatic rings. The van der Waals surface area contributed by atoms with Gasteiger partial charge in [0.15, 0.2) is 0 Å². The largest absolute Gasteiger partial charge is 0.395 e. The van der Waals surface area contributed by atoms with Gasteiger partial charge in [0, 0.05) is 23.8 Å². The zero-order chi connectivity index (χ0) is 13.1. The molecular formula is C14H20FNO2. The maximum Gasteiger partial charge on any atom is 0.123 e. The standard InChI is InChI=1S/C14H20FNO2/c1-10(18)13-9-11(15)5-6-14(13)16(7-8-17)12-3-2-4-12/h5-6,9-10,12,17-18H,2-4,7-8H2,1H3/t10-/m1/s1. The third-order valence-corrected chi connectivity index (χ3v) is 3.61. The van der Waals surface area contributed by atoms with Crippen LogP contribution in [0.1, 0.15) is 37.9 Å². The number of aliphatic hydroxyl groups excluding tert-OH is 2. The lowest BCUT2D eigenvalue weighted by atomic mass is 9.90. The van der Waals surface area contributed by atoms with Crippen LogP contribution in [0.2, 0.25) is 0 Å². The van der Waals surface area contributed by atoms with Gasteiger partial charge in [0.1, 0.15) is 5.82 Å². The van der Waals surface area contributed by atoms with Crippen molar-refractivity contribution in [3.8, 4) is 0 Å². The quantitative estimate of drug-likeness (QED) is 0.845. The van der Waals surface area contributed by atoms with Gasteiger partial charge in [-0.3, -0.25) is 0 Å². The van der Waals surface area contributed by atoms with Crippen molar-refractivity contribution < 1.29 is 14.6 Å². The molecule has 2 rings (SSSR count). The average Bonchev–Trinajstić information content (AvgIpc) is 2.26. The van der Waals surface area contributed by atoms with E-state index >= 15 is 0 Å². The molecule has 1 aromatic rings. The Hall–Kier alpha value is -1.13. The molecule has 0 aliphatic heterocycles. The molecule has 1 aliphatic carbocycles. The van der Waals surface area contributed by atoms with Gasteiger partial charge >= 0.3 is 0 Å². The van der Waals surface area contributed by atoms with Crippen molar-refractivity contribution in [2.45, 2.75) is 38.3 Å². The molecule has 1 fully saturated rings. The number of rotatable bonds is 5. The second-order valence-corrected chi connectivity index (χ2v) is 4.88. The molecule has 1 atom stereocenters. The summed E-state index contributed by atoms with van der Waals surface area (Å²) < 4.78 is 13.3. The number of hydrogen-bond acceptors (Lipinski definition) is 3. The lowest BCUT2D eigenvalue weighted by Crippen LogP contribution is -2.42. The summed E-state index contributed by atoms with van der Waals surface area (Å²) in [5.41, 5.74) is 1.43. The van der Waals surface area contributed by atoms with Crippen LogP contribution in [0.15, 0.2) is 18.2 Å². The highest BCUT2D eigenvalue weighted by atomic mass is 19.1. The molecule has 0 bridgehead atoms. The lowest BCUT2D eigenvalue weighted by molar-refractivity contribution is 0.198. The second-order valence-electron chi connectivity index (χ2n) is 4.88. The van der Waals surface area contributed by atoms with Crippen molar-refractivity contribution in [2.24, 2.45) is 0 Å². The molecule has 0 amide bonds. The van der Waals surface area contributed by atoms with Crippen LogP contribution >= 0.6 is 0 Å². The number of hydrogen-bond donors (Lipinski definition) is 2. The third kappa shape index (κ3) is 2.65. The Morgan fingerprint density at radius 3 is 2.67 bits per heavy atom. The SMILES string of the molecule is C[C@@H](O)c1cc(F)ccc1N(CCO)C1CCC1. The Balaban J connectivity index is 2.33. The molecule has 100 valence electrons. The van der Waals surface area contributed by atoms with Gasteiger partial charge in [-0.1, -0.05) is 0 Å². The Labute approximate surface area is 107 Å². The number of aliphatic hydroxyl groups is 2. The fourth-order valence-electron chi connectivity index (χ4n) is 2.43. The number of halogens is 1. The summed E-state index contributed by atoms with van der Waals surface area (Å²) in [5, 5.41) is 18.9. The zero-order valence-electron chi connectivity index (χ0n) is 10.6. The van der Waals surface area contributed by atoms with Crippen LogP contribution in [0.5, 0.6) is 0 Å². The van der Waals surface area contributed by atoms with Gasteiger partial charge in [-0.25, -0.2) is 4.39 Å². The van der Waals surface area contributed by atoms with Crippen molar-refractivity contribution in [3.63, 3.8) is 0 Å². The zero-order valence-corrected chi connectivity index (χ0v) is 10.6. The summed E-state index contributed by atoms with van der Waals surface area (Å²) in [6.45, 7) is 2.22. The summed E-state index contributed by atoms with van der Waals surface area (Å²) in [6.07, 6.45) is 2.67. The molecule has 0 aromatic heterocycles. The van der Waals surface area contributed by atoms with Crippen LogP contribution in [0.25, 0.3) is 0 Å². The first-order chi connectivity index (χ1) is 8.63. The fourth-order valence-corrected chi connectivity index (χ4v) is 2.43. The fraction of sp³-hybridized carbons (Fsp3) is 0.571. The summed E-state index contributed by atoms with van der Waals surface area (Å²) in [7, 11) is 0. The van der Waals surface area contributed by atoms with Gasteiger partial charge in [-0.05, 0) is 44.4 Å². The predicted molar refractivity (Wildman–Crippen MR) is 69.1 cm³/mol. The van der Waals surface area contributed by atoms with E-state index in [1.54, 1.807) is 13.0 Å². The summed E-state index contributed by atoms with van der Waals surface area (Å²) in [5.74, 6) is -0.341. The van der Waals surface area contributed by atoms with Crippen molar-refractivity contribution in [1.82, 2.24) is 0 Å². The van der Waals surface area contributed by atoms with Gasteiger partial charge in [0.2, 0.25) is 0 Å². The summed E-state index contributed by atoms with van der Waals surface area (Å²) in [4.78, 5) is 2.09. The summed E-state index contributed by atoms with van der Waals surface area (Å²) >= 11 is 0. The molecular weight excluding hydrogens is 233 g/mol. The number of anilines is 1. The van der Waals surface area contributed by atoms with Gasteiger partial charge in [0.05, 0.1) is 12.7 Å². The molecule has 0 saturated heterocycles. The van der Waals surface area contributed by atoms with E-state index in [1.807, 2.05) is 0 Å². The summed E-state index contributed by atoms with van der Waals surface area (Å²) in [6, 6.07) is 4.89. The van der Waals surface area contributed by atoms with E-state index < -0.39 is 6.10 Å². The van der Waals surface area contributed by atoms with E-state index in [4.69, 9.17) is 0 Å². The van der Waals surface area contributed by atoms with Crippen LogP contribution in [0, 0.1) is 5.82 Å². The average molecular weight is 253 g/mol. The van der Waals surface area contributed by atoms with Gasteiger partial charge in [0.25, 0.3) is 0 Å². The molecule has 0 heterocycles. The molecule has 0 spiro atoms. The molecule has 0 radical (unpaired) electrons. The molecule has 0 unspecified atom stereocenters. The Kier molecular flexibility index (Phi) is 4.19. The predicted octanol–water partition coefficient (Wildman–Crippen LogP) is 2.23. The maximum absolute atomic E-state index is 13.3. The third-order valence-electron chi connectivity index (χ3n) is 3.61. The van der Waals surface area contributed by atoms with Crippen molar-refractivity contribution >= 4 is 5.69 Å². The topological polar surface area (TPSA) is 43.7 Å². The van der Waals surface area contributed by atoms with Crippen LogP contribution in [0.4, 0.5) is 10.1 Å². The second kappa shape index (κ2) is 5.67. The van der Waals surface area contributed by atoms with Crippen LogP contribution < -0.4 is 4.90 Å². The van der Waals surface area contributed by atoms with E-state index in [0.29, 0.717) is 18.2 Å². The minimum Gasteiger partial charge on any atom is -0.395 e. The number of benzene rings is 1. The normalized spacial score (nSPS) is 17.3. The molecule has 3 nitrogen and oxygen atoms in total. The van der Waals surface area contributed by atoms with E-state index in [2.05, 4.69) is 4.90 Å². The van der Waals surface area contributed by atoms with Crippen molar-refractivity contribution in [2.75, 3.05) is 18.1 Å². The molecule has 18 heavy (non-hydrogen) atoms. The van der Waals surface area contributed by atoms with Gasteiger partial charge in [-0.15, -0.1) is 0 Å². The highest BCUT2D eigenvalue weighted by Crippen LogP contribution is 2.34. The first kappa shape index (κ1) is 13.3. The van der Waals surface area contributed by atoms with Crippen LogP contribution in [0.3, 0.4) is 0 Å². The van der Waals surface area contributed by atoms with Crippen LogP contribution in [-0.4, -0.2) is 29.4 Å². The van der Waals surface area contributed by atoms with Crippen LogP contribution in [-0.2, 0) is 0 Å². The number of nitrogens with zero attached hydrogens (tertiary/aromatic N) is 1. The van der Waals surface area contributed by atoms with E-state index in [0.717, 1.165) is 18.5 Å². The Morgan fingerprint density at radius 1 is 1.44 bits per heavy atom. The Morgan fingerprint density at radius 2 is 2.17 bits per heavy atom. The molecule has 1 saturated carbocycles. The van der Waals surface area contributed by atoms with E-state index in [-0.39, 0.29) is 12.4 Å².